The SMILES string of the molecule is O=C(c1ccccc1)N(Cc1ccc(F)cc1)Cc1nc2cc(Cl)ccc2o1. The summed E-state index contributed by atoms with van der Waals surface area (Å²) in [5, 5.41) is 0.566. The molecule has 0 aliphatic carbocycles. The third kappa shape index (κ3) is 4.05. The monoisotopic (exact) mass is 394 g/mol. The van der Waals surface area contributed by atoms with Crippen LogP contribution in [-0.2, 0) is 13.1 Å². The van der Waals surface area contributed by atoms with Gasteiger partial charge in [0.15, 0.2) is 5.58 Å². The van der Waals surface area contributed by atoms with Crippen LogP contribution in [0.4, 0.5) is 4.39 Å². The maximum Gasteiger partial charge on any atom is 0.254 e. The molecular weight excluding hydrogens is 379 g/mol. The first-order valence-electron chi connectivity index (χ1n) is 8.72. The molecule has 0 atom stereocenters. The van der Waals surface area contributed by atoms with E-state index in [1.807, 2.05) is 18.2 Å². The summed E-state index contributed by atoms with van der Waals surface area (Å²) in [5.41, 5.74) is 2.61. The number of aromatic nitrogens is 1. The summed E-state index contributed by atoms with van der Waals surface area (Å²) in [7, 11) is 0. The summed E-state index contributed by atoms with van der Waals surface area (Å²) in [6, 6.07) is 20.2. The molecule has 140 valence electrons. The van der Waals surface area contributed by atoms with Gasteiger partial charge in [0.2, 0.25) is 5.89 Å². The highest BCUT2D eigenvalue weighted by Crippen LogP contribution is 2.22. The van der Waals surface area contributed by atoms with Gasteiger partial charge in [-0.15, -0.1) is 0 Å². The van der Waals surface area contributed by atoms with Crippen molar-refractivity contribution in [3.63, 3.8) is 0 Å². The molecule has 4 aromatic rings. The number of hydrogen-bond donors (Lipinski definition) is 0. The van der Waals surface area contributed by atoms with Crippen molar-refractivity contribution in [1.82, 2.24) is 9.88 Å². The average molecular weight is 395 g/mol. The Morgan fingerprint density at radius 2 is 1.75 bits per heavy atom. The second-order valence-electron chi connectivity index (χ2n) is 6.37. The zero-order valence-corrected chi connectivity index (χ0v) is 15.6. The van der Waals surface area contributed by atoms with Crippen molar-refractivity contribution in [3.8, 4) is 0 Å². The van der Waals surface area contributed by atoms with E-state index in [2.05, 4.69) is 4.98 Å². The summed E-state index contributed by atoms with van der Waals surface area (Å²) in [6.07, 6.45) is 0. The van der Waals surface area contributed by atoms with E-state index in [-0.39, 0.29) is 18.3 Å². The van der Waals surface area contributed by atoms with Gasteiger partial charge in [0.25, 0.3) is 5.91 Å². The number of carbonyl (C=O) groups excluding carboxylic acids is 1. The van der Waals surface area contributed by atoms with Crippen LogP contribution >= 0.6 is 11.6 Å². The normalized spacial score (nSPS) is 10.9. The lowest BCUT2D eigenvalue weighted by molar-refractivity contribution is 0.0715. The molecule has 4 rings (SSSR count). The van der Waals surface area contributed by atoms with Crippen LogP contribution in [0, 0.1) is 5.82 Å². The maximum absolute atomic E-state index is 13.2. The molecule has 28 heavy (non-hydrogen) atoms. The predicted molar refractivity (Wildman–Crippen MR) is 105 cm³/mol. The van der Waals surface area contributed by atoms with Crippen molar-refractivity contribution < 1.29 is 13.6 Å². The molecule has 0 bridgehead atoms. The van der Waals surface area contributed by atoms with Gasteiger partial charge < -0.3 is 9.32 Å². The van der Waals surface area contributed by atoms with E-state index in [0.29, 0.717) is 34.1 Å². The Morgan fingerprint density at radius 1 is 1.00 bits per heavy atom. The third-order valence-electron chi connectivity index (χ3n) is 4.31. The molecule has 0 aliphatic heterocycles. The fourth-order valence-electron chi connectivity index (χ4n) is 2.95. The lowest BCUT2D eigenvalue weighted by Crippen LogP contribution is -2.30. The summed E-state index contributed by atoms with van der Waals surface area (Å²) in [4.78, 5) is 19.1. The Labute approximate surface area is 166 Å². The van der Waals surface area contributed by atoms with E-state index in [1.54, 1.807) is 47.4 Å². The van der Waals surface area contributed by atoms with E-state index in [9.17, 15) is 9.18 Å². The molecule has 0 aliphatic rings. The van der Waals surface area contributed by atoms with Gasteiger partial charge in [-0.3, -0.25) is 4.79 Å². The molecule has 3 aromatic carbocycles. The Hall–Kier alpha value is -3.18. The van der Waals surface area contributed by atoms with Gasteiger partial charge in [0.1, 0.15) is 11.3 Å². The summed E-state index contributed by atoms with van der Waals surface area (Å²) < 4.78 is 19.0. The lowest BCUT2D eigenvalue weighted by atomic mass is 10.1. The van der Waals surface area contributed by atoms with E-state index in [0.717, 1.165) is 5.56 Å². The minimum atomic E-state index is -0.319. The quantitative estimate of drug-likeness (QED) is 0.451. The topological polar surface area (TPSA) is 46.3 Å². The number of halogens is 2. The Bertz CT molecular complexity index is 1110. The van der Waals surface area contributed by atoms with Gasteiger partial charge in [-0.25, -0.2) is 9.37 Å². The van der Waals surface area contributed by atoms with E-state index in [1.165, 1.54) is 12.1 Å². The molecule has 0 unspecified atom stereocenters. The molecule has 6 heteroatoms. The van der Waals surface area contributed by atoms with Gasteiger partial charge >= 0.3 is 0 Å². The molecule has 0 N–H and O–H groups in total. The number of amides is 1. The lowest BCUT2D eigenvalue weighted by Gasteiger charge is -2.21. The first kappa shape index (κ1) is 18.2. The summed E-state index contributed by atoms with van der Waals surface area (Å²) >= 11 is 6.01. The van der Waals surface area contributed by atoms with Crippen LogP contribution in [0.3, 0.4) is 0 Å². The molecule has 0 fully saturated rings. The average Bonchev–Trinajstić information content (AvgIpc) is 3.10. The zero-order valence-electron chi connectivity index (χ0n) is 14.8. The first-order valence-corrected chi connectivity index (χ1v) is 9.10. The van der Waals surface area contributed by atoms with Gasteiger partial charge in [-0.2, -0.15) is 0 Å². The molecule has 4 nitrogen and oxygen atoms in total. The predicted octanol–water partition coefficient (Wildman–Crippen LogP) is 5.46. The first-order chi connectivity index (χ1) is 13.6. The van der Waals surface area contributed by atoms with Crippen LogP contribution < -0.4 is 0 Å². The summed E-state index contributed by atoms with van der Waals surface area (Å²) in [5.74, 6) is -0.0746. The molecule has 1 amide bonds. The molecular formula is C22H16ClFN2O2. The van der Waals surface area contributed by atoms with E-state index >= 15 is 0 Å². The van der Waals surface area contributed by atoms with Gasteiger partial charge in [0.05, 0.1) is 6.54 Å². The molecule has 0 spiro atoms. The smallest absolute Gasteiger partial charge is 0.254 e. The minimum Gasteiger partial charge on any atom is -0.439 e. The van der Waals surface area contributed by atoms with Crippen LogP contribution in [-0.4, -0.2) is 15.8 Å². The third-order valence-corrected chi connectivity index (χ3v) is 4.55. The highest BCUT2D eigenvalue weighted by Gasteiger charge is 2.19. The van der Waals surface area contributed by atoms with Gasteiger partial charge in [-0.05, 0) is 48.0 Å². The van der Waals surface area contributed by atoms with Crippen LogP contribution in [0.15, 0.2) is 77.2 Å². The number of benzene rings is 3. The van der Waals surface area contributed by atoms with Crippen molar-refractivity contribution in [2.24, 2.45) is 0 Å². The highest BCUT2D eigenvalue weighted by atomic mass is 35.5. The Balaban J connectivity index is 1.64. The van der Waals surface area contributed by atoms with Crippen LogP contribution in [0.1, 0.15) is 21.8 Å². The van der Waals surface area contributed by atoms with Crippen LogP contribution in [0.5, 0.6) is 0 Å². The van der Waals surface area contributed by atoms with E-state index in [4.69, 9.17) is 16.0 Å². The number of rotatable bonds is 5. The standard InChI is InChI=1S/C22H16ClFN2O2/c23-17-8-11-20-19(12-17)25-21(28-20)14-26(13-15-6-9-18(24)10-7-15)22(27)16-4-2-1-3-5-16/h1-12H,13-14H2. The molecule has 1 heterocycles. The number of oxazole rings is 1. The van der Waals surface area contributed by atoms with Crippen LogP contribution in [0.25, 0.3) is 11.1 Å². The fraction of sp³-hybridized carbons (Fsp3) is 0.0909. The Kier molecular flexibility index (Phi) is 5.08. The number of fused-ring (bicyclic) bond motifs is 1. The van der Waals surface area contributed by atoms with E-state index < -0.39 is 0 Å². The molecule has 0 radical (unpaired) electrons. The van der Waals surface area contributed by atoms with Crippen LogP contribution in [0.2, 0.25) is 5.02 Å². The maximum atomic E-state index is 13.2. The zero-order chi connectivity index (χ0) is 19.5. The van der Waals surface area contributed by atoms with Crippen molar-refractivity contribution in [3.05, 3.63) is 101 Å². The van der Waals surface area contributed by atoms with Crippen molar-refractivity contribution in [2.45, 2.75) is 13.1 Å². The number of hydrogen-bond acceptors (Lipinski definition) is 3. The number of nitrogens with zero attached hydrogens (tertiary/aromatic N) is 2. The van der Waals surface area contributed by atoms with Gasteiger partial charge in [-0.1, -0.05) is 41.9 Å². The molecule has 1 aromatic heterocycles. The second-order valence-corrected chi connectivity index (χ2v) is 6.81. The summed E-state index contributed by atoms with van der Waals surface area (Å²) in [6.45, 7) is 0.477. The molecule has 0 saturated carbocycles. The van der Waals surface area contributed by atoms with Crippen molar-refractivity contribution in [1.29, 1.82) is 0 Å². The highest BCUT2D eigenvalue weighted by molar-refractivity contribution is 6.31. The largest absolute Gasteiger partial charge is 0.439 e. The van der Waals surface area contributed by atoms with Crippen molar-refractivity contribution in [2.75, 3.05) is 0 Å². The Morgan fingerprint density at radius 3 is 2.50 bits per heavy atom. The minimum absolute atomic E-state index is 0.162. The molecule has 0 saturated heterocycles. The second kappa shape index (κ2) is 7.82. The van der Waals surface area contributed by atoms with Crippen molar-refractivity contribution >= 4 is 28.6 Å². The number of carbonyl (C=O) groups is 1. The fourth-order valence-corrected chi connectivity index (χ4v) is 3.12. The van der Waals surface area contributed by atoms with Gasteiger partial charge in [0, 0.05) is 17.1 Å².